The number of hydrogen-bond donors (Lipinski definition) is 1. The van der Waals surface area contributed by atoms with Gasteiger partial charge in [0.25, 0.3) is 0 Å². The van der Waals surface area contributed by atoms with Crippen LogP contribution in [0.25, 0.3) is 5.53 Å². The van der Waals surface area contributed by atoms with Crippen molar-refractivity contribution in [1.82, 2.24) is 5.32 Å². The maximum atomic E-state index is 11.6. The number of esters is 1. The van der Waals surface area contributed by atoms with Crippen molar-refractivity contribution in [3.8, 4) is 0 Å². The summed E-state index contributed by atoms with van der Waals surface area (Å²) in [6.07, 6.45) is -2.36. The molecule has 0 fully saturated rings. The van der Waals surface area contributed by atoms with Crippen LogP contribution in [0.1, 0.15) is 40.5 Å². The van der Waals surface area contributed by atoms with E-state index in [0.717, 1.165) is 0 Å². The quantitative estimate of drug-likeness (QED) is 0.203. The van der Waals surface area contributed by atoms with Gasteiger partial charge in [0.2, 0.25) is 12.1 Å². The molecule has 0 saturated heterocycles. The molecule has 0 radical (unpaired) electrons. The molecule has 0 aromatic carbocycles. The highest BCUT2D eigenvalue weighted by Gasteiger charge is 2.26. The van der Waals surface area contributed by atoms with E-state index >= 15 is 0 Å². The molecular weight excluding hydrogens is 322 g/mol. The normalized spacial score (nSPS) is 13.0. The lowest BCUT2D eigenvalue weighted by molar-refractivity contribution is -0.308. The van der Waals surface area contributed by atoms with E-state index in [9.17, 15) is 24.3 Å². The van der Waals surface area contributed by atoms with Gasteiger partial charge in [-0.1, -0.05) is 0 Å². The van der Waals surface area contributed by atoms with E-state index in [2.05, 4.69) is 4.79 Å². The summed E-state index contributed by atoms with van der Waals surface area (Å²) in [6.45, 7) is 6.13. The van der Waals surface area contributed by atoms with Crippen LogP contribution in [0.3, 0.4) is 0 Å². The molecule has 10 heteroatoms. The Hall–Kier alpha value is -2.74. The number of carboxylic acids is 1. The highest BCUT2D eigenvalue weighted by molar-refractivity contribution is 6.25. The van der Waals surface area contributed by atoms with Gasteiger partial charge in [0.1, 0.15) is 0 Å². The maximum Gasteiger partial charge on any atom is 0.410 e. The monoisotopic (exact) mass is 342 g/mol. The molecule has 0 spiro atoms. The summed E-state index contributed by atoms with van der Waals surface area (Å²) >= 11 is 0. The van der Waals surface area contributed by atoms with Gasteiger partial charge < -0.3 is 30.2 Å². The Balaban J connectivity index is 4.52. The molecule has 2 atom stereocenters. The fourth-order valence-corrected chi connectivity index (χ4v) is 1.34. The molecule has 0 aromatic rings. The number of rotatable bonds is 8. The number of nitrogens with zero attached hydrogens (tertiary/aromatic N) is 2. The predicted octanol–water partition coefficient (Wildman–Crippen LogP) is -0.584. The van der Waals surface area contributed by atoms with Crippen LogP contribution in [0, 0.1) is 5.41 Å². The summed E-state index contributed by atoms with van der Waals surface area (Å²) in [5.41, 5.74) is 7.38. The molecule has 0 bridgehead atoms. The molecule has 134 valence electrons. The minimum atomic E-state index is -1.62. The van der Waals surface area contributed by atoms with Crippen LogP contribution in [0.5, 0.6) is 0 Å². The van der Waals surface area contributed by atoms with E-state index in [1.54, 1.807) is 20.8 Å². The van der Waals surface area contributed by atoms with Gasteiger partial charge >= 0.3 is 18.3 Å². The maximum absolute atomic E-state index is 11.6. The first-order valence-electron chi connectivity index (χ1n) is 7.06. The first-order valence-corrected chi connectivity index (χ1v) is 7.06. The van der Waals surface area contributed by atoms with Gasteiger partial charge in [-0.25, -0.2) is 4.79 Å². The Kier molecular flexibility index (Phi) is 8.34. The van der Waals surface area contributed by atoms with Crippen molar-refractivity contribution in [3.63, 3.8) is 0 Å². The van der Waals surface area contributed by atoms with E-state index in [0.29, 0.717) is 6.21 Å². The number of ether oxygens (including phenoxy) is 2. The van der Waals surface area contributed by atoms with Crippen LogP contribution in [0.2, 0.25) is 0 Å². The number of nitrogens with one attached hydrogen (secondary N) is 1. The highest BCUT2D eigenvalue weighted by atomic mass is 16.7. The molecule has 0 heterocycles. The van der Waals surface area contributed by atoms with Gasteiger partial charge in [-0.3, -0.25) is 9.59 Å². The van der Waals surface area contributed by atoms with E-state index in [1.165, 1.54) is 6.92 Å². The first kappa shape index (κ1) is 21.3. The number of alkyl carbamates (subject to hydrolysis) is 1. The Labute approximate surface area is 138 Å². The van der Waals surface area contributed by atoms with Crippen molar-refractivity contribution < 1.29 is 38.5 Å². The molecule has 2 unspecified atom stereocenters. The Morgan fingerprint density at radius 3 is 2.29 bits per heavy atom. The third kappa shape index (κ3) is 8.64. The van der Waals surface area contributed by atoms with Gasteiger partial charge in [0.15, 0.2) is 0 Å². The smallest absolute Gasteiger partial charge is 0.410 e. The lowest BCUT2D eigenvalue weighted by Gasteiger charge is -2.23. The summed E-state index contributed by atoms with van der Waals surface area (Å²) in [6, 6.07) is -1.50. The fraction of sp³-hybridized carbons (Fsp3) is 0.643. The van der Waals surface area contributed by atoms with E-state index in [1.807, 2.05) is 5.32 Å². The second kappa shape index (κ2) is 9.41. The average molecular weight is 342 g/mol. The SMILES string of the molecule is CC(OC(=O)NC(CCC(=O)C=[N+]=[N-])C(=O)[O-])OC(=O)C(C)(C)C. The average Bonchev–Trinajstić information content (AvgIpc) is 2.41. The summed E-state index contributed by atoms with van der Waals surface area (Å²) in [5, 5.41) is 12.9. The third-order valence-corrected chi connectivity index (χ3v) is 2.62. The number of carboxylic acid groups (broad SMARTS) is 1. The summed E-state index contributed by atoms with van der Waals surface area (Å²) in [4.78, 5) is 47.8. The van der Waals surface area contributed by atoms with Gasteiger partial charge in [0, 0.05) is 13.3 Å². The molecule has 1 amide bonds. The Morgan fingerprint density at radius 1 is 1.25 bits per heavy atom. The Bertz CT molecular complexity index is 547. The molecule has 0 aliphatic rings. The molecule has 1 N–H and O–H groups in total. The van der Waals surface area contributed by atoms with Crippen LogP contribution in [0.15, 0.2) is 0 Å². The molecule has 0 rings (SSSR count). The zero-order valence-electron chi connectivity index (χ0n) is 13.9. The van der Waals surface area contributed by atoms with E-state index in [-0.39, 0.29) is 12.8 Å². The predicted molar refractivity (Wildman–Crippen MR) is 77.3 cm³/mol. The summed E-state index contributed by atoms with van der Waals surface area (Å²) in [7, 11) is 0. The zero-order valence-corrected chi connectivity index (χ0v) is 13.9. The largest absolute Gasteiger partial charge is 0.548 e. The molecular formula is C14H20N3O7-. The van der Waals surface area contributed by atoms with Crippen LogP contribution in [0.4, 0.5) is 4.79 Å². The van der Waals surface area contributed by atoms with Crippen molar-refractivity contribution >= 4 is 30.0 Å². The molecule has 24 heavy (non-hydrogen) atoms. The molecule has 0 aliphatic heterocycles. The lowest BCUT2D eigenvalue weighted by Crippen LogP contribution is -2.49. The summed E-state index contributed by atoms with van der Waals surface area (Å²) in [5.74, 6) is -2.86. The molecule has 10 nitrogen and oxygen atoms in total. The summed E-state index contributed by atoms with van der Waals surface area (Å²) < 4.78 is 9.59. The van der Waals surface area contributed by atoms with Crippen molar-refractivity contribution in [2.45, 2.75) is 52.9 Å². The number of amides is 1. The fourth-order valence-electron chi connectivity index (χ4n) is 1.34. The third-order valence-electron chi connectivity index (χ3n) is 2.62. The number of carbonyl (C=O) groups excluding carboxylic acids is 4. The molecule has 0 aliphatic carbocycles. The highest BCUT2D eigenvalue weighted by Crippen LogP contribution is 2.16. The standard InChI is InChI=1S/C14H21N3O7/c1-8(23-12(21)14(2,3)4)24-13(22)17-10(11(19)20)6-5-9(18)7-16-15/h7-8,10H,5-6H2,1-4H3,(H,17,22)(H,19,20)/p-1. The van der Waals surface area contributed by atoms with Crippen molar-refractivity contribution in [2.75, 3.05) is 0 Å². The van der Waals surface area contributed by atoms with Crippen molar-refractivity contribution in [1.29, 1.82) is 0 Å². The minimum absolute atomic E-state index is 0.293. The number of aliphatic carboxylic acids is 1. The van der Waals surface area contributed by atoms with Gasteiger partial charge in [-0.2, -0.15) is 4.79 Å². The molecule has 0 aromatic heterocycles. The van der Waals surface area contributed by atoms with Crippen LogP contribution in [-0.2, 0) is 23.9 Å². The Morgan fingerprint density at radius 2 is 1.83 bits per heavy atom. The van der Waals surface area contributed by atoms with Crippen LogP contribution in [-0.4, -0.2) is 47.2 Å². The minimum Gasteiger partial charge on any atom is -0.548 e. The van der Waals surface area contributed by atoms with Gasteiger partial charge in [-0.15, -0.1) is 0 Å². The first-order chi connectivity index (χ1) is 11.0. The number of carbonyl (C=O) groups is 4. The van der Waals surface area contributed by atoms with E-state index < -0.39 is 41.6 Å². The second-order valence-electron chi connectivity index (χ2n) is 5.89. The second-order valence-corrected chi connectivity index (χ2v) is 5.89. The zero-order chi connectivity index (χ0) is 18.9. The number of Topliss-reactive ketones (excluding diaryl/α,β-unsaturated/α-hetero) is 1. The van der Waals surface area contributed by atoms with Crippen LogP contribution < -0.4 is 10.4 Å². The number of ketones is 1. The van der Waals surface area contributed by atoms with Gasteiger partial charge in [-0.05, 0) is 27.2 Å². The van der Waals surface area contributed by atoms with Crippen LogP contribution >= 0.6 is 0 Å². The van der Waals surface area contributed by atoms with Gasteiger partial charge in [0.05, 0.1) is 17.4 Å². The van der Waals surface area contributed by atoms with Crippen molar-refractivity contribution in [3.05, 3.63) is 5.53 Å². The topological polar surface area (TPSA) is 158 Å². The van der Waals surface area contributed by atoms with E-state index in [4.69, 9.17) is 15.0 Å². The number of hydrogen-bond acceptors (Lipinski definition) is 7. The molecule has 0 saturated carbocycles. The van der Waals surface area contributed by atoms with Crippen molar-refractivity contribution in [2.24, 2.45) is 5.41 Å². The lowest BCUT2D eigenvalue weighted by atomic mass is 9.97.